The summed E-state index contributed by atoms with van der Waals surface area (Å²) in [7, 11) is 0. The number of halogens is 2. The van der Waals surface area contributed by atoms with Crippen LogP contribution in [0, 0.1) is 5.92 Å². The molecule has 158 valence electrons. The first-order chi connectivity index (χ1) is 13.8. The molecular weight excluding hydrogens is 395 g/mol. The van der Waals surface area contributed by atoms with Gasteiger partial charge in [0, 0.05) is 31.6 Å². The predicted octanol–water partition coefficient (Wildman–Crippen LogP) is 3.93. The lowest BCUT2D eigenvalue weighted by Gasteiger charge is -2.37. The number of fused-ring (bicyclic) bond motifs is 1. The number of alkyl halides is 1. The maximum atomic E-state index is 14.0. The maximum absolute atomic E-state index is 14.0. The molecule has 2 aliphatic rings. The van der Waals surface area contributed by atoms with E-state index >= 15 is 0 Å². The first-order valence-corrected chi connectivity index (χ1v) is 10.7. The van der Waals surface area contributed by atoms with Crippen LogP contribution in [0.25, 0.3) is 5.52 Å². The van der Waals surface area contributed by atoms with Crippen LogP contribution in [0.2, 0.25) is 5.02 Å². The number of amides is 1. The van der Waals surface area contributed by atoms with Crippen molar-refractivity contribution < 1.29 is 19.0 Å². The largest absolute Gasteiger partial charge is 0.388 e. The Morgan fingerprint density at radius 1 is 1.41 bits per heavy atom. The van der Waals surface area contributed by atoms with Crippen LogP contribution >= 0.6 is 11.6 Å². The van der Waals surface area contributed by atoms with E-state index in [4.69, 9.17) is 16.3 Å². The van der Waals surface area contributed by atoms with Gasteiger partial charge in [-0.05, 0) is 69.6 Å². The molecule has 2 fully saturated rings. The Morgan fingerprint density at radius 2 is 2.17 bits per heavy atom. The number of aliphatic hydroxyl groups is 1. The molecule has 1 saturated carbocycles. The van der Waals surface area contributed by atoms with Gasteiger partial charge in [0.2, 0.25) is 0 Å². The van der Waals surface area contributed by atoms with E-state index in [1.54, 1.807) is 13.0 Å². The summed E-state index contributed by atoms with van der Waals surface area (Å²) in [6.45, 7) is 3.18. The zero-order chi connectivity index (χ0) is 20.6. The molecule has 1 aliphatic heterocycles. The van der Waals surface area contributed by atoms with Crippen molar-refractivity contribution in [3.63, 3.8) is 0 Å². The summed E-state index contributed by atoms with van der Waals surface area (Å²) < 4.78 is 21.5. The molecule has 2 N–H and O–H groups in total. The zero-order valence-corrected chi connectivity index (χ0v) is 17.5. The fourth-order valence-electron chi connectivity index (χ4n) is 4.41. The number of aromatic nitrogens is 1. The number of nitrogens with zero attached hydrogens (tertiary/aromatic N) is 1. The van der Waals surface area contributed by atoms with Gasteiger partial charge in [-0.2, -0.15) is 0 Å². The Bertz CT molecular complexity index is 895. The molecule has 0 spiro atoms. The van der Waals surface area contributed by atoms with E-state index in [0.717, 1.165) is 31.7 Å². The second-order valence-electron chi connectivity index (χ2n) is 8.88. The quantitative estimate of drug-likeness (QED) is 0.767. The van der Waals surface area contributed by atoms with Crippen LogP contribution < -0.4 is 5.32 Å². The van der Waals surface area contributed by atoms with Gasteiger partial charge in [0.15, 0.2) is 0 Å². The van der Waals surface area contributed by atoms with Gasteiger partial charge in [0.1, 0.15) is 5.67 Å². The number of pyridine rings is 1. The van der Waals surface area contributed by atoms with Gasteiger partial charge in [-0.25, -0.2) is 4.39 Å². The normalized spacial score (nSPS) is 30.0. The average Bonchev–Trinajstić information content (AvgIpc) is 3.32. The van der Waals surface area contributed by atoms with Gasteiger partial charge in [0.25, 0.3) is 5.91 Å². The minimum atomic E-state index is -1.23. The Balaban J connectivity index is 1.52. The molecule has 0 aromatic carbocycles. The number of hydrogen-bond donors (Lipinski definition) is 2. The molecule has 1 amide bonds. The smallest absolute Gasteiger partial charge is 0.253 e. The van der Waals surface area contributed by atoms with Crippen molar-refractivity contribution >= 4 is 23.0 Å². The summed E-state index contributed by atoms with van der Waals surface area (Å²) in [6.07, 6.45) is 5.01. The third-order valence-corrected chi connectivity index (χ3v) is 6.69. The lowest BCUT2D eigenvalue weighted by atomic mass is 9.78. The summed E-state index contributed by atoms with van der Waals surface area (Å²) in [5, 5.41) is 14.1. The molecule has 2 aromatic heterocycles. The van der Waals surface area contributed by atoms with Crippen molar-refractivity contribution in [1.82, 2.24) is 9.72 Å². The molecule has 3 heterocycles. The van der Waals surface area contributed by atoms with Crippen molar-refractivity contribution in [2.24, 2.45) is 5.92 Å². The second-order valence-corrected chi connectivity index (χ2v) is 9.29. The Morgan fingerprint density at radius 3 is 2.86 bits per heavy atom. The second kappa shape index (κ2) is 7.89. The number of hydrogen-bond acceptors (Lipinski definition) is 3. The molecule has 1 saturated heterocycles. The Kier molecular flexibility index (Phi) is 5.62. The van der Waals surface area contributed by atoms with E-state index in [9.17, 15) is 14.3 Å². The monoisotopic (exact) mass is 422 g/mol. The molecule has 1 atom stereocenters. The first-order valence-electron chi connectivity index (χ1n) is 10.3. The highest BCUT2D eigenvalue weighted by Gasteiger charge is 2.39. The highest BCUT2D eigenvalue weighted by Crippen LogP contribution is 2.37. The lowest BCUT2D eigenvalue weighted by Crippen LogP contribution is -2.47. The van der Waals surface area contributed by atoms with Crippen LogP contribution in [0.3, 0.4) is 0 Å². The SMILES string of the molecule is CC1(F)CCC(O)(CNC(=O)c2cc(C[C@@H]3CCOC3)n3cccc(Cl)c23)CC1. The summed E-state index contributed by atoms with van der Waals surface area (Å²) >= 11 is 6.43. The average molecular weight is 423 g/mol. The van der Waals surface area contributed by atoms with E-state index in [0.29, 0.717) is 47.7 Å². The molecule has 0 radical (unpaired) electrons. The van der Waals surface area contributed by atoms with E-state index in [1.165, 1.54) is 0 Å². The molecule has 5 nitrogen and oxygen atoms in total. The Hall–Kier alpha value is -1.63. The van der Waals surface area contributed by atoms with Gasteiger partial charge in [0.05, 0.1) is 21.7 Å². The van der Waals surface area contributed by atoms with Crippen molar-refractivity contribution in [2.45, 2.75) is 56.7 Å². The van der Waals surface area contributed by atoms with Gasteiger partial charge in [-0.15, -0.1) is 0 Å². The van der Waals surface area contributed by atoms with E-state index < -0.39 is 11.3 Å². The predicted molar refractivity (Wildman–Crippen MR) is 110 cm³/mol. The van der Waals surface area contributed by atoms with Crippen LogP contribution in [-0.2, 0) is 11.2 Å². The van der Waals surface area contributed by atoms with Crippen molar-refractivity contribution in [1.29, 1.82) is 0 Å². The van der Waals surface area contributed by atoms with Crippen molar-refractivity contribution in [3.05, 3.63) is 40.7 Å². The Labute approximate surface area is 175 Å². The number of carbonyl (C=O) groups is 1. The maximum Gasteiger partial charge on any atom is 0.253 e. The number of rotatable bonds is 5. The molecule has 0 bridgehead atoms. The lowest BCUT2D eigenvalue weighted by molar-refractivity contribution is -0.0374. The fraction of sp³-hybridized carbons (Fsp3) is 0.591. The summed E-state index contributed by atoms with van der Waals surface area (Å²) in [5.74, 6) is 0.160. The minimum absolute atomic E-state index is 0.107. The van der Waals surface area contributed by atoms with Gasteiger partial charge < -0.3 is 19.6 Å². The summed E-state index contributed by atoms with van der Waals surface area (Å²) in [5.41, 5.74) is -0.106. The van der Waals surface area contributed by atoms with Crippen LogP contribution in [-0.4, -0.2) is 46.4 Å². The molecule has 0 unspecified atom stereocenters. The first kappa shape index (κ1) is 20.6. The summed E-state index contributed by atoms with van der Waals surface area (Å²) in [6, 6.07) is 5.52. The molecule has 1 aliphatic carbocycles. The van der Waals surface area contributed by atoms with E-state index in [1.807, 2.05) is 22.7 Å². The van der Waals surface area contributed by atoms with Crippen molar-refractivity contribution in [2.75, 3.05) is 19.8 Å². The number of nitrogens with one attached hydrogen (secondary N) is 1. The highest BCUT2D eigenvalue weighted by atomic mass is 35.5. The van der Waals surface area contributed by atoms with E-state index in [2.05, 4.69) is 5.32 Å². The van der Waals surface area contributed by atoms with Gasteiger partial charge in [-0.3, -0.25) is 4.79 Å². The third-order valence-electron chi connectivity index (χ3n) is 6.39. The van der Waals surface area contributed by atoms with Crippen LogP contribution in [0.15, 0.2) is 24.4 Å². The topological polar surface area (TPSA) is 63.0 Å². The van der Waals surface area contributed by atoms with Crippen LogP contribution in [0.1, 0.15) is 55.1 Å². The molecule has 2 aromatic rings. The minimum Gasteiger partial charge on any atom is -0.388 e. The molecule has 7 heteroatoms. The highest BCUT2D eigenvalue weighted by molar-refractivity contribution is 6.34. The third kappa shape index (κ3) is 4.44. The van der Waals surface area contributed by atoms with E-state index in [-0.39, 0.29) is 12.5 Å². The zero-order valence-electron chi connectivity index (χ0n) is 16.7. The number of carbonyl (C=O) groups excluding carboxylic acids is 1. The fourth-order valence-corrected chi connectivity index (χ4v) is 4.67. The molecular formula is C22H28ClFN2O3. The standard InChI is InChI=1S/C22H28ClFN2O3/c1-21(24)5-7-22(28,8-6-21)14-25-20(27)17-12-16(11-15-4-10-29-13-15)26-9-2-3-18(23)19(17)26/h2-3,9,12,15,28H,4-8,10-11,13-14H2,1H3,(H,25,27)/t15-,21?,22?/m0/s1. The van der Waals surface area contributed by atoms with Crippen LogP contribution in [0.4, 0.5) is 4.39 Å². The van der Waals surface area contributed by atoms with Crippen molar-refractivity contribution in [3.8, 4) is 0 Å². The van der Waals surface area contributed by atoms with Crippen LogP contribution in [0.5, 0.6) is 0 Å². The van der Waals surface area contributed by atoms with Gasteiger partial charge in [-0.1, -0.05) is 11.6 Å². The summed E-state index contributed by atoms with van der Waals surface area (Å²) in [4.78, 5) is 13.0. The number of ether oxygens (including phenoxy) is 1. The molecule has 4 rings (SSSR count). The van der Waals surface area contributed by atoms with Gasteiger partial charge >= 0.3 is 0 Å². The molecule has 29 heavy (non-hydrogen) atoms.